The normalized spacial score (nSPS) is 11.7. The fourth-order valence-electron chi connectivity index (χ4n) is 1.26. The molecule has 0 saturated heterocycles. The van der Waals surface area contributed by atoms with E-state index in [-0.39, 0.29) is 0 Å². The Morgan fingerprint density at radius 1 is 0.867 bits per heavy atom. The van der Waals surface area contributed by atoms with Crippen molar-refractivity contribution >= 4 is 0 Å². The number of hydrogen-bond donors (Lipinski definition) is 0. The van der Waals surface area contributed by atoms with E-state index in [0.29, 0.717) is 0 Å². The minimum absolute atomic E-state index is 1.03. The molecule has 0 aliphatic heterocycles. The quantitative estimate of drug-likeness (QED) is 0.323. The highest BCUT2D eigenvalue weighted by atomic mass is 14.2. The van der Waals surface area contributed by atoms with E-state index in [4.69, 9.17) is 5.26 Å². The van der Waals surface area contributed by atoms with Crippen molar-refractivity contribution in [2.45, 2.75) is 45.4 Å². The van der Waals surface area contributed by atoms with Gasteiger partial charge in [-0.15, -0.1) is 0 Å². The molecule has 0 aliphatic rings. The van der Waals surface area contributed by atoms with Crippen LogP contribution in [0.3, 0.4) is 0 Å². The highest BCUT2D eigenvalue weighted by Gasteiger charge is 1.83. The molecule has 0 atom stereocenters. The number of nitrogens with zero attached hydrogens (tertiary/aromatic N) is 1. The van der Waals surface area contributed by atoms with Crippen LogP contribution < -0.4 is 0 Å². The molecule has 0 heterocycles. The van der Waals surface area contributed by atoms with Gasteiger partial charge in [0.1, 0.15) is 0 Å². The van der Waals surface area contributed by atoms with E-state index in [1.807, 2.05) is 12.1 Å². The Morgan fingerprint density at radius 3 is 2.13 bits per heavy atom. The first-order chi connectivity index (χ1) is 7.41. The largest absolute Gasteiger partial charge is 0.193 e. The van der Waals surface area contributed by atoms with E-state index < -0.39 is 0 Å². The molecule has 82 valence electrons. The maximum Gasteiger partial charge on any atom is 0.0908 e. The lowest BCUT2D eigenvalue weighted by Gasteiger charge is -1.92. The molecule has 0 aromatic carbocycles. The van der Waals surface area contributed by atoms with E-state index >= 15 is 0 Å². The molecule has 0 radical (unpaired) electrons. The van der Waals surface area contributed by atoms with Crippen LogP contribution >= 0.6 is 0 Å². The molecule has 1 heteroatoms. The Balaban J connectivity index is 3.17. The predicted molar refractivity (Wildman–Crippen MR) is 66.4 cm³/mol. The standard InChI is InChI=1S/C14H21N/c1-2-3-4-5-6-7-8-9-10-11-12-13-14-15/h2-3,6-7,12-13H,4-5,8-11H2,1H3/b3-2+,7-6+,13-12+. The predicted octanol–water partition coefficient (Wildman–Crippen LogP) is 4.54. The third-order valence-electron chi connectivity index (χ3n) is 2.09. The van der Waals surface area contributed by atoms with E-state index in [2.05, 4.69) is 31.2 Å². The summed E-state index contributed by atoms with van der Waals surface area (Å²) in [6.45, 7) is 2.05. The average molecular weight is 203 g/mol. The van der Waals surface area contributed by atoms with Crippen LogP contribution in [0.5, 0.6) is 0 Å². The van der Waals surface area contributed by atoms with Gasteiger partial charge in [-0.25, -0.2) is 0 Å². The minimum atomic E-state index is 1.03. The van der Waals surface area contributed by atoms with Crippen molar-refractivity contribution in [1.82, 2.24) is 0 Å². The van der Waals surface area contributed by atoms with Gasteiger partial charge in [0.2, 0.25) is 0 Å². The summed E-state index contributed by atoms with van der Waals surface area (Å²) in [6, 6.07) is 2.00. The molecule has 0 fully saturated rings. The molecule has 15 heavy (non-hydrogen) atoms. The maximum atomic E-state index is 8.26. The topological polar surface area (TPSA) is 23.8 Å². The van der Waals surface area contributed by atoms with Crippen LogP contribution in [0.2, 0.25) is 0 Å². The summed E-state index contributed by atoms with van der Waals surface area (Å²) in [6.07, 6.45) is 19.2. The molecule has 0 spiro atoms. The summed E-state index contributed by atoms with van der Waals surface area (Å²) in [5, 5.41) is 8.26. The highest BCUT2D eigenvalue weighted by molar-refractivity contribution is 5.01. The summed E-state index contributed by atoms with van der Waals surface area (Å²) in [4.78, 5) is 0. The second kappa shape index (κ2) is 12.7. The first-order valence-electron chi connectivity index (χ1n) is 5.72. The van der Waals surface area contributed by atoms with Crippen molar-refractivity contribution < 1.29 is 0 Å². The lowest BCUT2D eigenvalue weighted by atomic mass is 10.1. The summed E-state index contributed by atoms with van der Waals surface area (Å²) < 4.78 is 0. The van der Waals surface area contributed by atoms with Gasteiger partial charge in [0.15, 0.2) is 0 Å². The van der Waals surface area contributed by atoms with Crippen LogP contribution in [0.25, 0.3) is 0 Å². The van der Waals surface area contributed by atoms with E-state index in [0.717, 1.165) is 25.7 Å². The van der Waals surface area contributed by atoms with Crippen LogP contribution in [0.4, 0.5) is 0 Å². The summed E-state index contributed by atoms with van der Waals surface area (Å²) >= 11 is 0. The van der Waals surface area contributed by atoms with Crippen molar-refractivity contribution in [1.29, 1.82) is 5.26 Å². The van der Waals surface area contributed by atoms with E-state index in [1.54, 1.807) is 6.08 Å². The zero-order valence-electron chi connectivity index (χ0n) is 9.65. The average Bonchev–Trinajstić information content (AvgIpc) is 2.26. The Labute approximate surface area is 93.8 Å². The zero-order valence-corrected chi connectivity index (χ0v) is 9.65. The maximum absolute atomic E-state index is 8.26. The molecule has 0 rings (SSSR count). The van der Waals surface area contributed by atoms with Crippen LogP contribution in [0, 0.1) is 11.3 Å². The number of nitriles is 1. The first kappa shape index (κ1) is 13.7. The second-order valence-electron chi connectivity index (χ2n) is 3.43. The number of unbranched alkanes of at least 4 members (excludes halogenated alkanes) is 4. The molecule has 0 saturated carbocycles. The fourth-order valence-corrected chi connectivity index (χ4v) is 1.26. The monoisotopic (exact) mass is 203 g/mol. The number of hydrogen-bond acceptors (Lipinski definition) is 1. The van der Waals surface area contributed by atoms with Crippen LogP contribution in [-0.4, -0.2) is 0 Å². The van der Waals surface area contributed by atoms with Crippen molar-refractivity contribution in [3.63, 3.8) is 0 Å². The van der Waals surface area contributed by atoms with Gasteiger partial charge in [-0.1, -0.05) is 30.4 Å². The first-order valence-corrected chi connectivity index (χ1v) is 5.72. The zero-order chi connectivity index (χ0) is 11.2. The summed E-state index contributed by atoms with van der Waals surface area (Å²) in [5.41, 5.74) is 0. The molecular weight excluding hydrogens is 182 g/mol. The van der Waals surface area contributed by atoms with Gasteiger partial charge in [0.25, 0.3) is 0 Å². The van der Waals surface area contributed by atoms with Crippen LogP contribution in [0.1, 0.15) is 45.4 Å². The Kier molecular flexibility index (Phi) is 11.6. The molecule has 0 amide bonds. The van der Waals surface area contributed by atoms with Crippen LogP contribution in [0.15, 0.2) is 36.5 Å². The molecular formula is C14H21N. The number of rotatable bonds is 8. The van der Waals surface area contributed by atoms with Gasteiger partial charge >= 0.3 is 0 Å². The van der Waals surface area contributed by atoms with Gasteiger partial charge in [0.05, 0.1) is 6.07 Å². The minimum Gasteiger partial charge on any atom is -0.193 e. The van der Waals surface area contributed by atoms with Gasteiger partial charge in [-0.3, -0.25) is 0 Å². The molecule has 0 bridgehead atoms. The second-order valence-corrected chi connectivity index (χ2v) is 3.43. The smallest absolute Gasteiger partial charge is 0.0908 e. The van der Waals surface area contributed by atoms with Gasteiger partial charge in [-0.2, -0.15) is 5.26 Å². The lowest BCUT2D eigenvalue weighted by molar-refractivity contribution is 0.760. The van der Waals surface area contributed by atoms with Gasteiger partial charge in [0, 0.05) is 6.08 Å². The fraction of sp³-hybridized carbons (Fsp3) is 0.500. The summed E-state index contributed by atoms with van der Waals surface area (Å²) in [5.74, 6) is 0. The summed E-state index contributed by atoms with van der Waals surface area (Å²) in [7, 11) is 0. The van der Waals surface area contributed by atoms with Crippen molar-refractivity contribution in [3.05, 3.63) is 36.5 Å². The Morgan fingerprint density at radius 2 is 1.47 bits per heavy atom. The third-order valence-corrected chi connectivity index (χ3v) is 2.09. The molecule has 0 aromatic rings. The van der Waals surface area contributed by atoms with E-state index in [1.165, 1.54) is 12.8 Å². The number of allylic oxidation sites excluding steroid dienone is 6. The highest BCUT2D eigenvalue weighted by Crippen LogP contribution is 2.02. The molecule has 0 N–H and O–H groups in total. The third kappa shape index (κ3) is 12.7. The molecule has 0 aromatic heterocycles. The molecule has 0 unspecified atom stereocenters. The van der Waals surface area contributed by atoms with Crippen LogP contribution in [-0.2, 0) is 0 Å². The van der Waals surface area contributed by atoms with Crippen molar-refractivity contribution in [2.24, 2.45) is 0 Å². The van der Waals surface area contributed by atoms with Gasteiger partial charge < -0.3 is 0 Å². The molecule has 1 nitrogen and oxygen atoms in total. The van der Waals surface area contributed by atoms with Crippen molar-refractivity contribution in [2.75, 3.05) is 0 Å². The van der Waals surface area contributed by atoms with Crippen molar-refractivity contribution in [3.8, 4) is 6.07 Å². The SMILES string of the molecule is C/C=C/CC/C=C/CCCC/C=C/C#N. The van der Waals surface area contributed by atoms with E-state index in [9.17, 15) is 0 Å². The van der Waals surface area contributed by atoms with Gasteiger partial charge in [-0.05, 0) is 45.4 Å². The lowest BCUT2D eigenvalue weighted by Crippen LogP contribution is -1.72. The Hall–Kier alpha value is -1.29. The Bertz CT molecular complexity index is 241. The molecule has 0 aliphatic carbocycles.